The number of amides is 2. The van der Waals surface area contributed by atoms with Gasteiger partial charge in [-0.05, 0) is 12.0 Å². The third kappa shape index (κ3) is 8.01. The van der Waals surface area contributed by atoms with Crippen LogP contribution < -0.4 is 16.4 Å². The summed E-state index contributed by atoms with van der Waals surface area (Å²) in [6.07, 6.45) is -0.627. The molecule has 12 heteroatoms. The lowest BCUT2D eigenvalue weighted by Crippen LogP contribution is -2.52. The van der Waals surface area contributed by atoms with Crippen LogP contribution >= 0.6 is 0 Å². The van der Waals surface area contributed by atoms with E-state index in [9.17, 15) is 32.7 Å². The first-order valence-corrected chi connectivity index (χ1v) is 10.4. The van der Waals surface area contributed by atoms with E-state index in [0.717, 1.165) is 0 Å². The van der Waals surface area contributed by atoms with Crippen molar-refractivity contribution in [2.45, 2.75) is 31.0 Å². The highest BCUT2D eigenvalue weighted by Gasteiger charge is 2.30. The lowest BCUT2D eigenvalue weighted by molar-refractivity contribution is -0.142. The highest BCUT2D eigenvalue weighted by molar-refractivity contribution is 7.94. The molecule has 6 N–H and O–H groups in total. The molecule has 2 amide bonds. The molecule has 0 saturated heterocycles. The van der Waals surface area contributed by atoms with Crippen molar-refractivity contribution in [2.75, 3.05) is 5.75 Å². The van der Waals surface area contributed by atoms with Crippen molar-refractivity contribution in [1.82, 2.24) is 10.6 Å². The van der Waals surface area contributed by atoms with Gasteiger partial charge >= 0.3 is 11.9 Å². The van der Waals surface area contributed by atoms with Crippen LogP contribution in [-0.2, 0) is 29.0 Å². The zero-order valence-electron chi connectivity index (χ0n) is 15.9. The smallest absolute Gasteiger partial charge is 0.330 e. The summed E-state index contributed by atoms with van der Waals surface area (Å²) in [7, 11) is -3.95. The monoisotopic (exact) mass is 441 g/mol. The van der Waals surface area contributed by atoms with Gasteiger partial charge in [0.15, 0.2) is 15.9 Å². The second kappa shape index (κ2) is 11.1. The van der Waals surface area contributed by atoms with Gasteiger partial charge in [-0.15, -0.1) is 0 Å². The van der Waals surface area contributed by atoms with Gasteiger partial charge in [0.25, 0.3) is 0 Å². The summed E-state index contributed by atoms with van der Waals surface area (Å²) in [5.74, 6) is -5.44. The van der Waals surface area contributed by atoms with Crippen molar-refractivity contribution >= 4 is 33.6 Å². The van der Waals surface area contributed by atoms with Crippen molar-refractivity contribution in [1.29, 1.82) is 0 Å². The Hall–Kier alpha value is -3.25. The van der Waals surface area contributed by atoms with Gasteiger partial charge in [0.1, 0.15) is 12.1 Å². The summed E-state index contributed by atoms with van der Waals surface area (Å²) in [5.41, 5.74) is 5.55. The zero-order valence-corrected chi connectivity index (χ0v) is 16.7. The maximum atomic E-state index is 12.6. The van der Waals surface area contributed by atoms with Gasteiger partial charge < -0.3 is 26.6 Å². The molecule has 0 radical (unpaired) electrons. The predicted octanol–water partition coefficient (Wildman–Crippen LogP) is -0.836. The Kier molecular flexibility index (Phi) is 9.15. The fraction of sp³-hybridized carbons (Fsp3) is 0.333. The molecule has 0 saturated carbocycles. The fourth-order valence-corrected chi connectivity index (χ4v) is 3.17. The van der Waals surface area contributed by atoms with Crippen LogP contribution in [0.1, 0.15) is 24.4 Å². The Morgan fingerprint density at radius 3 is 2.17 bits per heavy atom. The first-order valence-electron chi connectivity index (χ1n) is 8.68. The van der Waals surface area contributed by atoms with Crippen LogP contribution in [0.5, 0.6) is 0 Å². The summed E-state index contributed by atoms with van der Waals surface area (Å²) >= 11 is 0. The number of carboxylic acids is 2. The maximum absolute atomic E-state index is 12.6. The first-order chi connectivity index (χ1) is 14.0. The second-order valence-electron chi connectivity index (χ2n) is 6.29. The number of benzene rings is 1. The molecule has 0 bridgehead atoms. The summed E-state index contributed by atoms with van der Waals surface area (Å²) in [5, 5.41) is 23.1. The Bertz CT molecular complexity index is 901. The van der Waals surface area contributed by atoms with E-state index in [-0.39, 0.29) is 18.4 Å². The predicted molar refractivity (Wildman–Crippen MR) is 106 cm³/mol. The number of carboxylic acid groups (broad SMARTS) is 2. The van der Waals surface area contributed by atoms with Crippen LogP contribution in [0.3, 0.4) is 0 Å². The Labute approximate surface area is 172 Å². The lowest BCUT2D eigenvalue weighted by atomic mass is 10.1. The lowest BCUT2D eigenvalue weighted by Gasteiger charge is -2.21. The van der Waals surface area contributed by atoms with E-state index in [1.807, 2.05) is 0 Å². The Balaban J connectivity index is 2.99. The van der Waals surface area contributed by atoms with Gasteiger partial charge in [0.05, 0.1) is 5.75 Å². The molecular weight excluding hydrogens is 418 g/mol. The van der Waals surface area contributed by atoms with Crippen molar-refractivity contribution in [3.63, 3.8) is 0 Å². The molecule has 0 aliphatic carbocycles. The van der Waals surface area contributed by atoms with Crippen LogP contribution in [0.4, 0.5) is 0 Å². The summed E-state index contributed by atoms with van der Waals surface area (Å²) in [6.45, 7) is 3.13. The average molecular weight is 441 g/mol. The number of rotatable bonds is 12. The number of carbonyl (C=O) groups is 4. The van der Waals surface area contributed by atoms with Crippen molar-refractivity contribution in [3.8, 4) is 0 Å². The van der Waals surface area contributed by atoms with E-state index in [1.165, 1.54) is 12.1 Å². The van der Waals surface area contributed by atoms with Crippen LogP contribution in [0.25, 0.3) is 0 Å². The molecule has 0 fully saturated rings. The molecule has 164 valence electrons. The van der Waals surface area contributed by atoms with Crippen LogP contribution in [0.2, 0.25) is 0 Å². The largest absolute Gasteiger partial charge is 0.480 e. The quantitative estimate of drug-likeness (QED) is 0.275. The summed E-state index contributed by atoms with van der Waals surface area (Å²) in [6, 6.07) is 3.26. The van der Waals surface area contributed by atoms with E-state index >= 15 is 0 Å². The Morgan fingerprint density at radius 2 is 1.67 bits per heavy atom. The van der Waals surface area contributed by atoms with Gasteiger partial charge in [-0.3, -0.25) is 14.4 Å². The highest BCUT2D eigenvalue weighted by atomic mass is 32.2. The Morgan fingerprint density at radius 1 is 1.07 bits per heavy atom. The number of hydrogen-bond donors (Lipinski definition) is 5. The van der Waals surface area contributed by atoms with Crippen LogP contribution in [-0.4, -0.2) is 60.2 Å². The first kappa shape index (κ1) is 24.8. The van der Waals surface area contributed by atoms with E-state index in [4.69, 9.17) is 10.8 Å². The number of nitrogens with one attached hydrogen (secondary N) is 2. The molecule has 0 aliphatic heterocycles. The molecular formula is C18H23N3O8S. The standard InChI is InChI=1S/C18H23N3O8S/c1-2-30(28,29)10-13(20-14(22)9-8-12(19)17(24)25)16(23)21-15(18(26)27)11-6-4-3-5-7-11/h2-7,12-13,15H,1,8-10,19H2,(H,20,22)(H,21,23)(H,24,25)(H,26,27)/t12-,13-,15+/m0/s1. The van der Waals surface area contributed by atoms with Crippen LogP contribution in [0.15, 0.2) is 42.3 Å². The van der Waals surface area contributed by atoms with Crippen molar-refractivity contribution in [2.24, 2.45) is 5.73 Å². The van der Waals surface area contributed by atoms with Gasteiger partial charge in [-0.25, -0.2) is 13.2 Å². The molecule has 0 aromatic heterocycles. The second-order valence-corrected chi connectivity index (χ2v) is 8.28. The molecule has 1 rings (SSSR count). The van der Waals surface area contributed by atoms with Gasteiger partial charge in [0.2, 0.25) is 11.8 Å². The van der Waals surface area contributed by atoms with Gasteiger partial charge in [-0.2, -0.15) is 0 Å². The molecule has 3 atom stereocenters. The molecule has 0 spiro atoms. The third-order valence-corrected chi connectivity index (χ3v) is 5.28. The SMILES string of the molecule is C=CS(=O)(=O)C[C@H](NC(=O)CC[C@H](N)C(=O)O)C(=O)N[C@@H](C(=O)O)c1ccccc1. The topological polar surface area (TPSA) is 193 Å². The van der Waals surface area contributed by atoms with Crippen molar-refractivity contribution in [3.05, 3.63) is 47.9 Å². The van der Waals surface area contributed by atoms with Gasteiger partial charge in [0, 0.05) is 11.8 Å². The number of sulfone groups is 1. The van der Waals surface area contributed by atoms with E-state index in [1.54, 1.807) is 18.2 Å². The number of nitrogens with two attached hydrogens (primary N) is 1. The van der Waals surface area contributed by atoms with Gasteiger partial charge in [-0.1, -0.05) is 36.9 Å². The highest BCUT2D eigenvalue weighted by Crippen LogP contribution is 2.13. The summed E-state index contributed by atoms with van der Waals surface area (Å²) < 4.78 is 23.8. The summed E-state index contributed by atoms with van der Waals surface area (Å²) in [4.78, 5) is 47.0. The maximum Gasteiger partial charge on any atom is 0.330 e. The average Bonchev–Trinajstić information content (AvgIpc) is 2.69. The number of aliphatic carboxylic acids is 2. The normalized spacial score (nSPS) is 14.0. The third-order valence-electron chi connectivity index (χ3n) is 3.97. The molecule has 0 unspecified atom stereocenters. The molecule has 1 aromatic carbocycles. The fourth-order valence-electron chi connectivity index (χ4n) is 2.34. The van der Waals surface area contributed by atoms with E-state index in [2.05, 4.69) is 17.2 Å². The number of hydrogen-bond acceptors (Lipinski definition) is 7. The van der Waals surface area contributed by atoms with E-state index in [0.29, 0.717) is 5.41 Å². The van der Waals surface area contributed by atoms with E-state index < -0.39 is 57.5 Å². The number of carbonyl (C=O) groups excluding carboxylic acids is 2. The molecule has 30 heavy (non-hydrogen) atoms. The zero-order chi connectivity index (χ0) is 22.9. The molecule has 0 heterocycles. The molecule has 1 aromatic rings. The molecule has 11 nitrogen and oxygen atoms in total. The minimum Gasteiger partial charge on any atom is -0.480 e. The minimum absolute atomic E-state index is 0.238. The molecule has 0 aliphatic rings. The minimum atomic E-state index is -3.95. The van der Waals surface area contributed by atoms with Crippen molar-refractivity contribution < 1.29 is 37.8 Å². The van der Waals surface area contributed by atoms with Crippen LogP contribution in [0, 0.1) is 0 Å².